The van der Waals surface area contributed by atoms with Gasteiger partial charge in [-0.15, -0.1) is 0 Å². The molecular weight excluding hydrogens is 350 g/mol. The largest absolute Gasteiger partial charge is 0.480 e. The van der Waals surface area contributed by atoms with Crippen molar-refractivity contribution in [1.29, 1.82) is 0 Å². The van der Waals surface area contributed by atoms with Gasteiger partial charge in [-0.25, -0.2) is 4.79 Å². The minimum absolute atomic E-state index is 0.108. The number of amides is 1. The number of carbonyl (C=O) groups is 2. The van der Waals surface area contributed by atoms with Crippen LogP contribution in [0.5, 0.6) is 5.75 Å². The lowest BCUT2D eigenvalue weighted by Crippen LogP contribution is -2.30. The lowest BCUT2D eigenvalue weighted by atomic mass is 10.2. The Balaban J connectivity index is 2.04. The number of para-hydroxylation sites is 1. The molecule has 0 heterocycles. The fourth-order valence-corrected chi connectivity index (χ4v) is 2.14. The van der Waals surface area contributed by atoms with Crippen molar-refractivity contribution in [1.82, 2.24) is 0 Å². The number of ether oxygens (including phenoxy) is 1. The van der Waals surface area contributed by atoms with E-state index in [9.17, 15) is 9.59 Å². The zero-order valence-electron chi connectivity index (χ0n) is 11.7. The highest BCUT2D eigenvalue weighted by atomic mass is 79.9. The molecule has 0 aromatic heterocycles. The van der Waals surface area contributed by atoms with Crippen molar-refractivity contribution in [3.63, 3.8) is 0 Å². The van der Waals surface area contributed by atoms with E-state index in [-0.39, 0.29) is 11.5 Å². The Labute approximate surface area is 136 Å². The molecule has 0 aliphatic carbocycles. The SMILES string of the molecule is CC(Oc1ccccc1Br)C(=O)Nc1cccc(C(=O)O)c1. The van der Waals surface area contributed by atoms with Crippen LogP contribution in [0.15, 0.2) is 53.0 Å². The van der Waals surface area contributed by atoms with Crippen molar-refractivity contribution in [2.45, 2.75) is 13.0 Å². The van der Waals surface area contributed by atoms with Crippen LogP contribution in [0.4, 0.5) is 5.69 Å². The van der Waals surface area contributed by atoms with E-state index in [1.807, 2.05) is 12.1 Å². The summed E-state index contributed by atoms with van der Waals surface area (Å²) >= 11 is 3.34. The van der Waals surface area contributed by atoms with Gasteiger partial charge in [-0.2, -0.15) is 0 Å². The summed E-state index contributed by atoms with van der Waals surface area (Å²) in [6, 6.07) is 13.3. The fourth-order valence-electron chi connectivity index (χ4n) is 1.76. The maximum absolute atomic E-state index is 12.1. The number of hydrogen-bond acceptors (Lipinski definition) is 3. The van der Waals surface area contributed by atoms with Gasteiger partial charge in [0, 0.05) is 5.69 Å². The first-order chi connectivity index (χ1) is 10.5. The molecule has 0 fully saturated rings. The minimum Gasteiger partial charge on any atom is -0.480 e. The van der Waals surface area contributed by atoms with Crippen LogP contribution < -0.4 is 10.1 Å². The summed E-state index contributed by atoms with van der Waals surface area (Å²) in [4.78, 5) is 23.0. The Bertz CT molecular complexity index is 702. The van der Waals surface area contributed by atoms with Crippen LogP contribution in [0.2, 0.25) is 0 Å². The van der Waals surface area contributed by atoms with Gasteiger partial charge in [-0.05, 0) is 53.2 Å². The molecule has 5 nitrogen and oxygen atoms in total. The number of anilines is 1. The summed E-state index contributed by atoms with van der Waals surface area (Å²) < 4.78 is 6.33. The van der Waals surface area contributed by atoms with E-state index in [1.165, 1.54) is 12.1 Å². The lowest BCUT2D eigenvalue weighted by molar-refractivity contribution is -0.122. The summed E-state index contributed by atoms with van der Waals surface area (Å²) in [5.41, 5.74) is 0.518. The molecule has 2 aromatic rings. The average molecular weight is 364 g/mol. The third-order valence-corrected chi connectivity index (χ3v) is 3.54. The third kappa shape index (κ3) is 4.08. The van der Waals surface area contributed by atoms with Crippen LogP contribution in [0, 0.1) is 0 Å². The molecule has 1 atom stereocenters. The average Bonchev–Trinajstić information content (AvgIpc) is 2.49. The van der Waals surface area contributed by atoms with Crippen molar-refractivity contribution >= 4 is 33.5 Å². The number of carboxylic acids is 1. The molecule has 1 amide bonds. The zero-order chi connectivity index (χ0) is 16.1. The van der Waals surface area contributed by atoms with E-state index in [4.69, 9.17) is 9.84 Å². The zero-order valence-corrected chi connectivity index (χ0v) is 13.3. The van der Waals surface area contributed by atoms with Gasteiger partial charge in [0.05, 0.1) is 10.0 Å². The number of aromatic carboxylic acids is 1. The van der Waals surface area contributed by atoms with E-state index in [1.54, 1.807) is 31.2 Å². The van der Waals surface area contributed by atoms with Crippen molar-refractivity contribution in [3.05, 3.63) is 58.6 Å². The molecular formula is C16H14BrNO4. The normalized spacial score (nSPS) is 11.5. The number of rotatable bonds is 5. The third-order valence-electron chi connectivity index (χ3n) is 2.89. The highest BCUT2D eigenvalue weighted by Gasteiger charge is 2.16. The maximum Gasteiger partial charge on any atom is 0.335 e. The molecule has 0 saturated carbocycles. The number of benzene rings is 2. The molecule has 2 aromatic carbocycles. The lowest BCUT2D eigenvalue weighted by Gasteiger charge is -2.15. The molecule has 114 valence electrons. The van der Waals surface area contributed by atoms with Crippen LogP contribution in [0.1, 0.15) is 17.3 Å². The summed E-state index contributed by atoms with van der Waals surface area (Å²) in [6.45, 7) is 1.62. The smallest absolute Gasteiger partial charge is 0.335 e. The van der Waals surface area contributed by atoms with E-state index in [0.717, 1.165) is 4.47 Å². The first kappa shape index (κ1) is 16.0. The standard InChI is InChI=1S/C16H14BrNO4/c1-10(22-14-8-3-2-7-13(14)17)15(19)18-12-6-4-5-11(9-12)16(20)21/h2-10H,1H3,(H,18,19)(H,20,21). The van der Waals surface area contributed by atoms with Gasteiger partial charge in [0.1, 0.15) is 5.75 Å². The number of carbonyl (C=O) groups excluding carboxylic acids is 1. The van der Waals surface area contributed by atoms with Crippen LogP contribution in [-0.4, -0.2) is 23.1 Å². The minimum atomic E-state index is -1.05. The molecule has 2 rings (SSSR count). The second-order valence-corrected chi connectivity index (χ2v) is 5.42. The Morgan fingerprint density at radius 3 is 2.59 bits per heavy atom. The Morgan fingerprint density at radius 1 is 1.18 bits per heavy atom. The summed E-state index contributed by atoms with van der Waals surface area (Å²) in [6.07, 6.45) is -0.729. The van der Waals surface area contributed by atoms with Crippen molar-refractivity contribution in [2.75, 3.05) is 5.32 Å². The molecule has 6 heteroatoms. The molecule has 0 aliphatic rings. The number of hydrogen-bond donors (Lipinski definition) is 2. The quantitative estimate of drug-likeness (QED) is 0.851. The monoisotopic (exact) mass is 363 g/mol. The maximum atomic E-state index is 12.1. The summed E-state index contributed by atoms with van der Waals surface area (Å²) in [7, 11) is 0. The predicted molar refractivity (Wildman–Crippen MR) is 86.3 cm³/mol. The second-order valence-electron chi connectivity index (χ2n) is 4.57. The molecule has 22 heavy (non-hydrogen) atoms. The highest BCUT2D eigenvalue weighted by molar-refractivity contribution is 9.10. The Morgan fingerprint density at radius 2 is 1.91 bits per heavy atom. The van der Waals surface area contributed by atoms with E-state index >= 15 is 0 Å². The number of nitrogens with one attached hydrogen (secondary N) is 1. The van der Waals surface area contributed by atoms with Crippen LogP contribution in [0.3, 0.4) is 0 Å². The van der Waals surface area contributed by atoms with Crippen molar-refractivity contribution in [2.24, 2.45) is 0 Å². The van der Waals surface area contributed by atoms with Crippen LogP contribution in [-0.2, 0) is 4.79 Å². The van der Waals surface area contributed by atoms with Gasteiger partial charge < -0.3 is 15.2 Å². The topological polar surface area (TPSA) is 75.6 Å². The molecule has 0 bridgehead atoms. The van der Waals surface area contributed by atoms with E-state index in [2.05, 4.69) is 21.2 Å². The van der Waals surface area contributed by atoms with E-state index < -0.39 is 12.1 Å². The molecule has 0 aliphatic heterocycles. The van der Waals surface area contributed by atoms with Crippen LogP contribution in [0.25, 0.3) is 0 Å². The number of halogens is 1. The Kier molecular flexibility index (Phi) is 5.16. The molecule has 1 unspecified atom stereocenters. The molecule has 0 spiro atoms. The van der Waals surface area contributed by atoms with Gasteiger partial charge >= 0.3 is 5.97 Å². The van der Waals surface area contributed by atoms with Crippen molar-refractivity contribution in [3.8, 4) is 5.75 Å². The number of carboxylic acid groups (broad SMARTS) is 1. The van der Waals surface area contributed by atoms with Crippen molar-refractivity contribution < 1.29 is 19.4 Å². The van der Waals surface area contributed by atoms with Gasteiger partial charge in [-0.3, -0.25) is 4.79 Å². The highest BCUT2D eigenvalue weighted by Crippen LogP contribution is 2.25. The first-order valence-electron chi connectivity index (χ1n) is 6.53. The fraction of sp³-hybridized carbons (Fsp3) is 0.125. The molecule has 0 radical (unpaired) electrons. The van der Waals surface area contributed by atoms with Crippen LogP contribution >= 0.6 is 15.9 Å². The second kappa shape index (κ2) is 7.09. The molecule has 0 saturated heterocycles. The van der Waals surface area contributed by atoms with Gasteiger partial charge in [-0.1, -0.05) is 18.2 Å². The predicted octanol–water partition coefficient (Wildman–Crippen LogP) is 3.55. The summed E-state index contributed by atoms with van der Waals surface area (Å²) in [5, 5.41) is 11.6. The van der Waals surface area contributed by atoms with Gasteiger partial charge in [0.15, 0.2) is 6.10 Å². The summed E-state index contributed by atoms with van der Waals surface area (Å²) in [5.74, 6) is -0.851. The first-order valence-corrected chi connectivity index (χ1v) is 7.32. The van der Waals surface area contributed by atoms with Gasteiger partial charge in [0.2, 0.25) is 0 Å². The van der Waals surface area contributed by atoms with Gasteiger partial charge in [0.25, 0.3) is 5.91 Å². The Hall–Kier alpha value is -2.34. The van der Waals surface area contributed by atoms with E-state index in [0.29, 0.717) is 11.4 Å². The molecule has 2 N–H and O–H groups in total.